The van der Waals surface area contributed by atoms with Gasteiger partial charge in [-0.3, -0.25) is 0 Å². The summed E-state index contributed by atoms with van der Waals surface area (Å²) in [5, 5.41) is 2.76. The molecule has 0 fully saturated rings. The number of benzene rings is 2. The summed E-state index contributed by atoms with van der Waals surface area (Å²) in [5.41, 5.74) is 2.67. The third-order valence-electron chi connectivity index (χ3n) is 3.51. The molecule has 0 aliphatic rings. The summed E-state index contributed by atoms with van der Waals surface area (Å²) in [6, 6.07) is 16.0. The summed E-state index contributed by atoms with van der Waals surface area (Å²) in [4.78, 5) is 11.7. The van der Waals surface area contributed by atoms with Crippen molar-refractivity contribution in [3.8, 4) is 16.9 Å². The van der Waals surface area contributed by atoms with E-state index >= 15 is 0 Å². The number of rotatable bonds is 7. The predicted molar refractivity (Wildman–Crippen MR) is 102 cm³/mol. The Hall–Kier alpha value is -2.53. The van der Waals surface area contributed by atoms with Crippen LogP contribution in [-0.2, 0) is 16.0 Å². The monoisotopic (exact) mass is 357 g/mol. The molecule has 26 heavy (non-hydrogen) atoms. The topological polar surface area (TPSA) is 56.8 Å². The minimum atomic E-state index is -0.496. The number of methoxy groups -OCH3 is 1. The molecule has 1 amide bonds. The molecule has 0 aliphatic carbocycles. The highest BCUT2D eigenvalue weighted by atomic mass is 16.6. The summed E-state index contributed by atoms with van der Waals surface area (Å²) in [6.45, 7) is 7.03. The summed E-state index contributed by atoms with van der Waals surface area (Å²) in [5.74, 6) is 0.815. The van der Waals surface area contributed by atoms with Gasteiger partial charge in [-0.2, -0.15) is 0 Å². The van der Waals surface area contributed by atoms with E-state index in [4.69, 9.17) is 14.2 Å². The van der Waals surface area contributed by atoms with E-state index in [0.29, 0.717) is 19.8 Å². The van der Waals surface area contributed by atoms with Crippen molar-refractivity contribution in [2.45, 2.75) is 32.9 Å². The number of hydrogen-bond acceptors (Lipinski definition) is 4. The second-order valence-corrected chi connectivity index (χ2v) is 6.92. The fraction of sp³-hybridized carbons (Fsp3) is 0.381. The average molecular weight is 357 g/mol. The molecule has 0 spiro atoms. The van der Waals surface area contributed by atoms with Crippen molar-refractivity contribution in [2.24, 2.45) is 0 Å². The van der Waals surface area contributed by atoms with Crippen LogP contribution >= 0.6 is 0 Å². The van der Waals surface area contributed by atoms with Gasteiger partial charge < -0.3 is 19.5 Å². The maximum Gasteiger partial charge on any atom is 0.407 e. The molecular formula is C21H27NO4. The summed E-state index contributed by atoms with van der Waals surface area (Å²) >= 11 is 0. The van der Waals surface area contributed by atoms with Crippen molar-refractivity contribution >= 4 is 6.09 Å². The van der Waals surface area contributed by atoms with Gasteiger partial charge in [0.15, 0.2) is 0 Å². The number of nitrogens with one attached hydrogen (secondary N) is 1. The lowest BCUT2D eigenvalue weighted by Crippen LogP contribution is -2.32. The maximum absolute atomic E-state index is 11.7. The van der Waals surface area contributed by atoms with Gasteiger partial charge in [0.25, 0.3) is 0 Å². The van der Waals surface area contributed by atoms with E-state index in [0.717, 1.165) is 22.4 Å². The highest BCUT2D eigenvalue weighted by molar-refractivity contribution is 5.68. The van der Waals surface area contributed by atoms with Crippen molar-refractivity contribution in [3.63, 3.8) is 0 Å². The normalized spacial score (nSPS) is 11.1. The van der Waals surface area contributed by atoms with E-state index in [1.807, 2.05) is 69.3 Å². The third-order valence-corrected chi connectivity index (χ3v) is 3.51. The molecule has 0 saturated carbocycles. The molecule has 140 valence electrons. The number of amides is 1. The highest BCUT2D eigenvalue weighted by Crippen LogP contribution is 2.24. The van der Waals surface area contributed by atoms with Crippen LogP contribution in [0.1, 0.15) is 26.3 Å². The largest absolute Gasteiger partial charge is 0.491 e. The van der Waals surface area contributed by atoms with Crippen LogP contribution in [0.3, 0.4) is 0 Å². The lowest BCUT2D eigenvalue weighted by Gasteiger charge is -2.19. The van der Waals surface area contributed by atoms with Crippen molar-refractivity contribution in [2.75, 3.05) is 20.3 Å². The Balaban J connectivity index is 1.94. The fourth-order valence-electron chi connectivity index (χ4n) is 2.31. The van der Waals surface area contributed by atoms with Gasteiger partial charge in [-0.05, 0) is 49.6 Å². The van der Waals surface area contributed by atoms with Crippen molar-refractivity contribution < 1.29 is 19.0 Å². The van der Waals surface area contributed by atoms with Gasteiger partial charge in [-0.1, -0.05) is 36.4 Å². The average Bonchev–Trinajstić information content (AvgIpc) is 2.59. The van der Waals surface area contributed by atoms with Crippen LogP contribution in [0, 0.1) is 0 Å². The molecular weight excluding hydrogens is 330 g/mol. The first-order chi connectivity index (χ1) is 12.4. The Labute approximate surface area is 155 Å². The Kier molecular flexibility index (Phi) is 7.04. The minimum absolute atomic E-state index is 0.414. The first kappa shape index (κ1) is 19.8. The molecule has 0 atom stereocenters. The van der Waals surface area contributed by atoms with Crippen LogP contribution in [0.25, 0.3) is 11.1 Å². The molecule has 0 aromatic heterocycles. The summed E-state index contributed by atoms with van der Waals surface area (Å²) < 4.78 is 15.9. The smallest absolute Gasteiger partial charge is 0.407 e. The van der Waals surface area contributed by atoms with Crippen molar-refractivity contribution in [3.05, 3.63) is 54.1 Å². The molecule has 5 heteroatoms. The van der Waals surface area contributed by atoms with E-state index in [1.54, 1.807) is 7.11 Å². The molecule has 0 unspecified atom stereocenters. The van der Waals surface area contributed by atoms with E-state index < -0.39 is 11.7 Å². The van der Waals surface area contributed by atoms with Crippen molar-refractivity contribution in [1.29, 1.82) is 0 Å². The van der Waals surface area contributed by atoms with Gasteiger partial charge in [0, 0.05) is 13.7 Å². The standard InChI is InChI=1S/C21H27NO4/c1-21(2,3)26-20(23)22-15-16-8-10-17(11-9-16)18-6-5-7-19(14-18)25-13-12-24-4/h5-11,14H,12-13,15H2,1-4H3,(H,22,23). The molecule has 0 bridgehead atoms. The number of carbonyl (C=O) groups is 1. The summed E-state index contributed by atoms with van der Waals surface area (Å²) in [7, 11) is 1.65. The van der Waals surface area contributed by atoms with Gasteiger partial charge in [0.1, 0.15) is 18.0 Å². The molecule has 0 heterocycles. The summed E-state index contributed by atoms with van der Waals surface area (Å²) in [6.07, 6.45) is -0.414. The minimum Gasteiger partial charge on any atom is -0.491 e. The van der Waals surface area contributed by atoms with Crippen molar-refractivity contribution in [1.82, 2.24) is 5.32 Å². The number of alkyl carbamates (subject to hydrolysis) is 1. The Bertz CT molecular complexity index is 705. The Morgan fingerprint density at radius 3 is 2.38 bits per heavy atom. The molecule has 2 rings (SSSR count). The SMILES string of the molecule is COCCOc1cccc(-c2ccc(CNC(=O)OC(C)(C)C)cc2)c1. The van der Waals surface area contributed by atoms with Crippen LogP contribution in [0.4, 0.5) is 4.79 Å². The quantitative estimate of drug-likeness (QED) is 0.746. The lowest BCUT2D eigenvalue weighted by molar-refractivity contribution is 0.0523. The third kappa shape index (κ3) is 6.76. The fourth-order valence-corrected chi connectivity index (χ4v) is 2.31. The lowest BCUT2D eigenvalue weighted by atomic mass is 10.0. The van der Waals surface area contributed by atoms with Gasteiger partial charge in [0.2, 0.25) is 0 Å². The number of hydrogen-bond donors (Lipinski definition) is 1. The highest BCUT2D eigenvalue weighted by Gasteiger charge is 2.15. The van der Waals surface area contributed by atoms with Gasteiger partial charge in [0.05, 0.1) is 6.61 Å². The Morgan fingerprint density at radius 2 is 1.73 bits per heavy atom. The molecule has 0 aliphatic heterocycles. The van der Waals surface area contributed by atoms with Crippen LogP contribution in [0.2, 0.25) is 0 Å². The molecule has 1 N–H and O–H groups in total. The zero-order chi connectivity index (χ0) is 19.0. The van der Waals surface area contributed by atoms with Gasteiger partial charge in [-0.25, -0.2) is 4.79 Å². The maximum atomic E-state index is 11.7. The second kappa shape index (κ2) is 9.25. The van der Waals surface area contributed by atoms with E-state index in [-0.39, 0.29) is 0 Å². The molecule has 2 aromatic rings. The van der Waals surface area contributed by atoms with Gasteiger partial charge in [-0.15, -0.1) is 0 Å². The first-order valence-corrected chi connectivity index (χ1v) is 8.65. The zero-order valence-electron chi connectivity index (χ0n) is 15.9. The Morgan fingerprint density at radius 1 is 1.00 bits per heavy atom. The van der Waals surface area contributed by atoms with E-state index in [1.165, 1.54) is 0 Å². The molecule has 2 aromatic carbocycles. The molecule has 5 nitrogen and oxygen atoms in total. The molecule has 0 saturated heterocycles. The first-order valence-electron chi connectivity index (χ1n) is 8.65. The van der Waals surface area contributed by atoms with E-state index in [2.05, 4.69) is 5.32 Å². The zero-order valence-corrected chi connectivity index (χ0v) is 15.9. The van der Waals surface area contributed by atoms with Crippen LogP contribution in [0.5, 0.6) is 5.75 Å². The number of carbonyl (C=O) groups excluding carboxylic acids is 1. The van der Waals surface area contributed by atoms with Gasteiger partial charge >= 0.3 is 6.09 Å². The van der Waals surface area contributed by atoms with Crippen LogP contribution < -0.4 is 10.1 Å². The number of ether oxygens (including phenoxy) is 3. The second-order valence-electron chi connectivity index (χ2n) is 6.92. The predicted octanol–water partition coefficient (Wildman–Crippen LogP) is 4.40. The van der Waals surface area contributed by atoms with Crippen LogP contribution in [0.15, 0.2) is 48.5 Å². The van der Waals surface area contributed by atoms with Crippen LogP contribution in [-0.4, -0.2) is 32.0 Å². The van der Waals surface area contributed by atoms with E-state index in [9.17, 15) is 4.79 Å². The molecule has 0 radical (unpaired) electrons.